The van der Waals surface area contributed by atoms with Crippen molar-refractivity contribution >= 4 is 34.7 Å². The van der Waals surface area contributed by atoms with Crippen LogP contribution < -0.4 is 10.2 Å². The maximum atomic E-state index is 12.3. The molecule has 154 valence electrons. The molecule has 2 amide bonds. The van der Waals surface area contributed by atoms with Gasteiger partial charge < -0.3 is 4.90 Å². The number of rotatable bonds is 3. The van der Waals surface area contributed by atoms with E-state index in [0.29, 0.717) is 23.8 Å². The van der Waals surface area contributed by atoms with E-state index in [4.69, 9.17) is 11.6 Å². The van der Waals surface area contributed by atoms with Crippen molar-refractivity contribution in [3.63, 3.8) is 0 Å². The van der Waals surface area contributed by atoms with Crippen LogP contribution in [0.1, 0.15) is 48.6 Å². The zero-order valence-electron chi connectivity index (χ0n) is 16.6. The van der Waals surface area contributed by atoms with Gasteiger partial charge in [-0.2, -0.15) is 5.10 Å². The Morgan fingerprint density at radius 1 is 0.967 bits per heavy atom. The number of amides is 2. The number of nitrogens with one attached hydrogen (secondary N) is 1. The normalized spacial score (nSPS) is 20.6. The predicted molar refractivity (Wildman–Crippen MR) is 116 cm³/mol. The molecule has 0 spiro atoms. The Balaban J connectivity index is 1.35. The van der Waals surface area contributed by atoms with E-state index in [1.54, 1.807) is 0 Å². The molecule has 2 aliphatic heterocycles. The number of piperidine rings is 2. The molecule has 0 aliphatic carbocycles. The standard InChI is InChI=1S/C23H23ClN4O2/c24-22-17(4-2-5-18(22)19-7-8-20(29)26-23(19)30)15-10-13-27(14-11-15)21-6-1-3-16-9-12-25-28(16)21/h1-6,9,12,15,19H,7-8,10-11,13-14H2,(H,26,29,30). The van der Waals surface area contributed by atoms with Crippen molar-refractivity contribution in [2.45, 2.75) is 37.5 Å². The smallest absolute Gasteiger partial charge is 0.234 e. The zero-order valence-corrected chi connectivity index (χ0v) is 17.3. The summed E-state index contributed by atoms with van der Waals surface area (Å²) in [6, 6.07) is 14.2. The van der Waals surface area contributed by atoms with E-state index in [1.807, 2.05) is 28.9 Å². The zero-order chi connectivity index (χ0) is 20.7. The van der Waals surface area contributed by atoms with Gasteiger partial charge in [0.25, 0.3) is 0 Å². The minimum absolute atomic E-state index is 0.205. The number of hydrogen-bond acceptors (Lipinski definition) is 4. The maximum absolute atomic E-state index is 12.3. The van der Waals surface area contributed by atoms with Gasteiger partial charge in [-0.1, -0.05) is 35.9 Å². The number of aromatic nitrogens is 2. The van der Waals surface area contributed by atoms with Crippen LogP contribution in [-0.4, -0.2) is 34.5 Å². The first-order chi connectivity index (χ1) is 14.6. The van der Waals surface area contributed by atoms with Crippen molar-refractivity contribution in [2.75, 3.05) is 18.0 Å². The molecule has 2 aromatic heterocycles. The van der Waals surface area contributed by atoms with Crippen LogP contribution in [0.4, 0.5) is 5.82 Å². The van der Waals surface area contributed by atoms with Crippen LogP contribution in [-0.2, 0) is 9.59 Å². The summed E-state index contributed by atoms with van der Waals surface area (Å²) in [6.45, 7) is 1.84. The average Bonchev–Trinajstić information content (AvgIpc) is 3.24. The summed E-state index contributed by atoms with van der Waals surface area (Å²) in [5.41, 5.74) is 3.04. The third-order valence-electron chi connectivity index (χ3n) is 6.33. The van der Waals surface area contributed by atoms with Gasteiger partial charge in [0.1, 0.15) is 5.82 Å². The van der Waals surface area contributed by atoms with Crippen LogP contribution >= 0.6 is 11.6 Å². The van der Waals surface area contributed by atoms with Gasteiger partial charge >= 0.3 is 0 Å². The largest absolute Gasteiger partial charge is 0.357 e. The van der Waals surface area contributed by atoms with Crippen LogP contribution in [0.3, 0.4) is 0 Å². The van der Waals surface area contributed by atoms with E-state index < -0.39 is 0 Å². The Labute approximate surface area is 179 Å². The van der Waals surface area contributed by atoms with Gasteiger partial charge in [0.2, 0.25) is 11.8 Å². The molecular formula is C23H23ClN4O2. The van der Waals surface area contributed by atoms with E-state index in [1.165, 1.54) is 0 Å². The summed E-state index contributed by atoms with van der Waals surface area (Å²) in [5.74, 6) is 0.654. The Morgan fingerprint density at radius 2 is 1.73 bits per heavy atom. The molecule has 2 aliphatic rings. The number of halogens is 1. The molecule has 2 saturated heterocycles. The number of carbonyl (C=O) groups is 2. The van der Waals surface area contributed by atoms with Crippen LogP contribution in [0.5, 0.6) is 0 Å². The van der Waals surface area contributed by atoms with Crippen molar-refractivity contribution < 1.29 is 9.59 Å². The summed E-state index contributed by atoms with van der Waals surface area (Å²) in [4.78, 5) is 26.2. The molecule has 1 aromatic carbocycles. The average molecular weight is 423 g/mol. The summed E-state index contributed by atoms with van der Waals surface area (Å²) in [7, 11) is 0. The first-order valence-electron chi connectivity index (χ1n) is 10.4. The molecule has 1 N–H and O–H groups in total. The number of nitrogens with zero attached hydrogens (tertiary/aromatic N) is 3. The molecule has 0 radical (unpaired) electrons. The lowest BCUT2D eigenvalue weighted by Crippen LogP contribution is -2.39. The van der Waals surface area contributed by atoms with Gasteiger partial charge in [0.05, 0.1) is 17.6 Å². The van der Waals surface area contributed by atoms with Crippen LogP contribution in [0.15, 0.2) is 48.7 Å². The van der Waals surface area contributed by atoms with Crippen molar-refractivity contribution in [1.29, 1.82) is 0 Å². The maximum Gasteiger partial charge on any atom is 0.234 e. The lowest BCUT2D eigenvalue weighted by molar-refractivity contribution is -0.134. The van der Waals surface area contributed by atoms with Gasteiger partial charge in [-0.3, -0.25) is 14.9 Å². The molecule has 7 heteroatoms. The van der Waals surface area contributed by atoms with Gasteiger partial charge in [0.15, 0.2) is 0 Å². The minimum Gasteiger partial charge on any atom is -0.357 e. The Kier molecular flexibility index (Phi) is 4.95. The van der Waals surface area contributed by atoms with E-state index in [0.717, 1.165) is 48.4 Å². The van der Waals surface area contributed by atoms with Crippen molar-refractivity contribution in [3.8, 4) is 0 Å². The fraction of sp³-hybridized carbons (Fsp3) is 0.348. The summed E-state index contributed by atoms with van der Waals surface area (Å²) in [5, 5.41) is 7.57. The van der Waals surface area contributed by atoms with E-state index in [2.05, 4.69) is 39.6 Å². The monoisotopic (exact) mass is 422 g/mol. The van der Waals surface area contributed by atoms with Crippen LogP contribution in [0.2, 0.25) is 5.02 Å². The Morgan fingerprint density at radius 3 is 2.53 bits per heavy atom. The molecule has 5 rings (SSSR count). The third kappa shape index (κ3) is 3.35. The second-order valence-electron chi connectivity index (χ2n) is 8.07. The summed E-state index contributed by atoms with van der Waals surface area (Å²) in [6.07, 6.45) is 4.66. The highest BCUT2D eigenvalue weighted by atomic mass is 35.5. The number of imide groups is 1. The minimum atomic E-state index is -0.354. The quantitative estimate of drug-likeness (QED) is 0.650. The van der Waals surface area contributed by atoms with Crippen molar-refractivity contribution in [3.05, 3.63) is 64.8 Å². The molecule has 1 unspecified atom stereocenters. The van der Waals surface area contributed by atoms with Crippen LogP contribution in [0.25, 0.3) is 5.52 Å². The number of fused-ring (bicyclic) bond motifs is 1. The summed E-state index contributed by atoms with van der Waals surface area (Å²) >= 11 is 6.80. The highest BCUT2D eigenvalue weighted by Crippen LogP contribution is 2.39. The molecule has 0 saturated carbocycles. The van der Waals surface area contributed by atoms with E-state index >= 15 is 0 Å². The van der Waals surface area contributed by atoms with Gasteiger partial charge in [-0.05, 0) is 54.5 Å². The molecule has 4 heterocycles. The first-order valence-corrected chi connectivity index (χ1v) is 10.8. The fourth-order valence-electron chi connectivity index (χ4n) is 4.74. The molecular weight excluding hydrogens is 400 g/mol. The number of anilines is 1. The molecule has 0 bridgehead atoms. The second kappa shape index (κ2) is 7.76. The van der Waals surface area contributed by atoms with Crippen molar-refractivity contribution in [2.24, 2.45) is 0 Å². The Bertz CT molecular complexity index is 1120. The highest BCUT2D eigenvalue weighted by Gasteiger charge is 2.31. The molecule has 30 heavy (non-hydrogen) atoms. The van der Waals surface area contributed by atoms with Gasteiger partial charge in [-0.25, -0.2) is 4.52 Å². The van der Waals surface area contributed by atoms with E-state index in [9.17, 15) is 9.59 Å². The number of hydrogen-bond donors (Lipinski definition) is 1. The van der Waals surface area contributed by atoms with E-state index in [-0.39, 0.29) is 17.7 Å². The third-order valence-corrected chi connectivity index (χ3v) is 6.77. The van der Waals surface area contributed by atoms with Gasteiger partial charge in [0, 0.05) is 24.5 Å². The first kappa shape index (κ1) is 19.1. The number of pyridine rings is 1. The fourth-order valence-corrected chi connectivity index (χ4v) is 5.15. The SMILES string of the molecule is O=C1CCC(c2cccc(C3CCN(c4cccc5ccnn45)CC3)c2Cl)C(=O)N1. The van der Waals surface area contributed by atoms with Crippen molar-refractivity contribution in [1.82, 2.24) is 14.9 Å². The highest BCUT2D eigenvalue weighted by molar-refractivity contribution is 6.32. The lowest BCUT2D eigenvalue weighted by Gasteiger charge is -2.34. The molecule has 1 atom stereocenters. The van der Waals surface area contributed by atoms with Crippen LogP contribution in [0, 0.1) is 0 Å². The second-order valence-corrected chi connectivity index (χ2v) is 8.45. The summed E-state index contributed by atoms with van der Waals surface area (Å²) < 4.78 is 1.98. The molecule has 2 fully saturated rings. The lowest BCUT2D eigenvalue weighted by atomic mass is 9.84. The molecule has 6 nitrogen and oxygen atoms in total. The molecule has 3 aromatic rings. The van der Waals surface area contributed by atoms with Gasteiger partial charge in [-0.15, -0.1) is 0 Å². The number of carbonyl (C=O) groups excluding carboxylic acids is 2. The predicted octanol–water partition coefficient (Wildman–Crippen LogP) is 3.89. The number of benzene rings is 1. The topological polar surface area (TPSA) is 66.7 Å². The Hall–Kier alpha value is -2.86.